The van der Waals surface area contributed by atoms with Crippen molar-refractivity contribution in [1.29, 1.82) is 0 Å². The number of aryl methyl sites for hydroxylation is 1. The van der Waals surface area contributed by atoms with Crippen LogP contribution in [0.25, 0.3) is 0 Å². The van der Waals surface area contributed by atoms with Crippen LogP contribution in [0.5, 0.6) is 5.75 Å². The van der Waals surface area contributed by atoms with Gasteiger partial charge >= 0.3 is 0 Å². The molecule has 1 aliphatic rings. The van der Waals surface area contributed by atoms with E-state index in [9.17, 15) is 5.11 Å². The summed E-state index contributed by atoms with van der Waals surface area (Å²) in [7, 11) is 1.71. The molecule has 0 bridgehead atoms. The molecule has 1 fully saturated rings. The summed E-state index contributed by atoms with van der Waals surface area (Å²) in [6.07, 6.45) is 1.06. The van der Waals surface area contributed by atoms with Crippen molar-refractivity contribution in [3.05, 3.63) is 28.3 Å². The van der Waals surface area contributed by atoms with Gasteiger partial charge in [0.25, 0.3) is 0 Å². The molecule has 1 atom stereocenters. The topological polar surface area (TPSA) is 29.5 Å². The Kier molecular flexibility index (Phi) is 2.97. The number of aliphatic hydroxyl groups excluding tert-OH is 1. The van der Waals surface area contributed by atoms with Gasteiger partial charge in [-0.15, -0.1) is 0 Å². The highest BCUT2D eigenvalue weighted by Crippen LogP contribution is 2.65. The summed E-state index contributed by atoms with van der Waals surface area (Å²) in [5, 5.41) is 9.88. The molecule has 0 spiro atoms. The van der Waals surface area contributed by atoms with Gasteiger partial charge in [-0.05, 0) is 60.9 Å². The molecule has 0 aromatic heterocycles. The second kappa shape index (κ2) is 3.99. The molecule has 2 nitrogen and oxygen atoms in total. The van der Waals surface area contributed by atoms with Crippen molar-refractivity contribution in [2.45, 2.75) is 46.5 Å². The van der Waals surface area contributed by atoms with Crippen molar-refractivity contribution in [2.24, 2.45) is 5.41 Å². The molecular formula is C16H24O2. The molecule has 2 rings (SSSR count). The highest BCUT2D eigenvalue weighted by molar-refractivity contribution is 5.54. The van der Waals surface area contributed by atoms with Crippen LogP contribution in [-0.2, 0) is 5.41 Å². The van der Waals surface area contributed by atoms with Gasteiger partial charge in [0, 0.05) is 5.41 Å². The Bertz CT molecular complexity index is 488. The fourth-order valence-corrected chi connectivity index (χ4v) is 3.48. The van der Waals surface area contributed by atoms with E-state index in [0.717, 1.165) is 12.2 Å². The maximum absolute atomic E-state index is 9.88. The van der Waals surface area contributed by atoms with Crippen molar-refractivity contribution in [2.75, 3.05) is 13.7 Å². The van der Waals surface area contributed by atoms with E-state index in [2.05, 4.69) is 40.7 Å². The second-order valence-electron chi connectivity index (χ2n) is 6.32. The van der Waals surface area contributed by atoms with Gasteiger partial charge in [0.2, 0.25) is 0 Å². The molecule has 18 heavy (non-hydrogen) atoms. The van der Waals surface area contributed by atoms with Gasteiger partial charge in [-0.2, -0.15) is 0 Å². The van der Waals surface area contributed by atoms with Gasteiger partial charge < -0.3 is 9.84 Å². The highest BCUT2D eigenvalue weighted by atomic mass is 16.5. The van der Waals surface area contributed by atoms with Crippen molar-refractivity contribution >= 4 is 0 Å². The Morgan fingerprint density at radius 3 is 2.17 bits per heavy atom. The summed E-state index contributed by atoms with van der Waals surface area (Å²) >= 11 is 0. The minimum Gasteiger partial charge on any atom is -0.496 e. The van der Waals surface area contributed by atoms with Gasteiger partial charge in [-0.3, -0.25) is 0 Å². The fourth-order valence-electron chi connectivity index (χ4n) is 3.48. The summed E-state index contributed by atoms with van der Waals surface area (Å²) in [6.45, 7) is 11.1. The van der Waals surface area contributed by atoms with Crippen LogP contribution in [-0.4, -0.2) is 18.8 Å². The van der Waals surface area contributed by atoms with E-state index in [0.29, 0.717) is 0 Å². The lowest BCUT2D eigenvalue weighted by atomic mass is 9.81. The average molecular weight is 248 g/mol. The van der Waals surface area contributed by atoms with Gasteiger partial charge in [0.15, 0.2) is 0 Å². The molecular weight excluding hydrogens is 224 g/mol. The molecule has 1 N–H and O–H groups in total. The molecule has 1 unspecified atom stereocenters. The van der Waals surface area contributed by atoms with Crippen LogP contribution in [0, 0.1) is 26.2 Å². The molecule has 1 aromatic rings. The summed E-state index contributed by atoms with van der Waals surface area (Å²) in [5.74, 6) is 0.945. The zero-order valence-electron chi connectivity index (χ0n) is 12.3. The number of hydrogen-bond acceptors (Lipinski definition) is 2. The first-order valence-electron chi connectivity index (χ1n) is 6.57. The lowest BCUT2D eigenvalue weighted by Crippen LogP contribution is -2.22. The Morgan fingerprint density at radius 1 is 1.22 bits per heavy atom. The minimum absolute atomic E-state index is 0.0573. The number of benzene rings is 1. The van der Waals surface area contributed by atoms with E-state index < -0.39 is 0 Å². The number of methoxy groups -OCH3 is 1. The minimum atomic E-state index is -0.0573. The van der Waals surface area contributed by atoms with Crippen LogP contribution in [0.3, 0.4) is 0 Å². The maximum atomic E-state index is 9.88. The van der Waals surface area contributed by atoms with Crippen LogP contribution < -0.4 is 4.74 Å². The van der Waals surface area contributed by atoms with Gasteiger partial charge in [-0.25, -0.2) is 0 Å². The van der Waals surface area contributed by atoms with Crippen LogP contribution in [0.1, 0.15) is 42.5 Å². The third-order valence-corrected chi connectivity index (χ3v) is 4.93. The van der Waals surface area contributed by atoms with E-state index in [1.807, 2.05) is 0 Å². The highest BCUT2D eigenvalue weighted by Gasteiger charge is 2.62. The van der Waals surface area contributed by atoms with Crippen LogP contribution in [0.15, 0.2) is 6.07 Å². The fraction of sp³-hybridized carbons (Fsp3) is 0.625. The predicted octanol–water partition coefficient (Wildman–Crippen LogP) is 3.28. The smallest absolute Gasteiger partial charge is 0.122 e. The summed E-state index contributed by atoms with van der Waals surface area (Å²) in [6, 6.07) is 2.10. The van der Waals surface area contributed by atoms with Crippen molar-refractivity contribution in [3.8, 4) is 5.75 Å². The van der Waals surface area contributed by atoms with Gasteiger partial charge in [0.1, 0.15) is 5.75 Å². The number of ether oxygens (including phenoxy) is 1. The third kappa shape index (κ3) is 1.58. The largest absolute Gasteiger partial charge is 0.496 e. The molecule has 0 radical (unpaired) electrons. The first-order valence-corrected chi connectivity index (χ1v) is 6.57. The Morgan fingerprint density at radius 2 is 1.78 bits per heavy atom. The standard InChI is InChI=1S/C16H24O2/c1-10-7-13(18-6)11(2)12(3)14(10)16(9-17)8-15(16,4)5/h7,17H,8-9H2,1-6H3. The molecule has 100 valence electrons. The van der Waals surface area contributed by atoms with E-state index >= 15 is 0 Å². The lowest BCUT2D eigenvalue weighted by Gasteiger charge is -2.25. The van der Waals surface area contributed by atoms with Crippen LogP contribution in [0.4, 0.5) is 0 Å². The monoisotopic (exact) mass is 248 g/mol. The van der Waals surface area contributed by atoms with Crippen LogP contribution >= 0.6 is 0 Å². The molecule has 0 saturated heterocycles. The lowest BCUT2D eigenvalue weighted by molar-refractivity contribution is 0.230. The zero-order chi connectivity index (χ0) is 13.7. The molecule has 1 saturated carbocycles. The third-order valence-electron chi connectivity index (χ3n) is 4.93. The van der Waals surface area contributed by atoms with Crippen molar-refractivity contribution in [1.82, 2.24) is 0 Å². The molecule has 0 amide bonds. The molecule has 0 heterocycles. The first-order chi connectivity index (χ1) is 8.30. The van der Waals surface area contributed by atoms with Crippen molar-refractivity contribution < 1.29 is 9.84 Å². The molecule has 1 aromatic carbocycles. The molecule has 1 aliphatic carbocycles. The molecule has 0 aliphatic heterocycles. The zero-order valence-corrected chi connectivity index (χ0v) is 12.3. The Balaban J connectivity index is 2.63. The maximum Gasteiger partial charge on any atom is 0.122 e. The normalized spacial score (nSPS) is 25.1. The summed E-state index contributed by atoms with van der Waals surface area (Å²) in [4.78, 5) is 0. The number of aliphatic hydroxyl groups is 1. The number of hydrogen-bond donors (Lipinski definition) is 1. The van der Waals surface area contributed by atoms with E-state index in [4.69, 9.17) is 4.74 Å². The second-order valence-corrected chi connectivity index (χ2v) is 6.32. The van der Waals surface area contributed by atoms with E-state index in [1.54, 1.807) is 7.11 Å². The SMILES string of the molecule is COc1cc(C)c(C2(CO)CC2(C)C)c(C)c1C. The van der Waals surface area contributed by atoms with Crippen molar-refractivity contribution in [3.63, 3.8) is 0 Å². The summed E-state index contributed by atoms with van der Waals surface area (Å²) < 4.78 is 5.42. The summed E-state index contributed by atoms with van der Waals surface area (Å²) in [5.41, 5.74) is 5.15. The predicted molar refractivity (Wildman–Crippen MR) is 74.4 cm³/mol. The average Bonchev–Trinajstić information content (AvgIpc) is 2.87. The molecule has 2 heteroatoms. The van der Waals surface area contributed by atoms with Crippen LogP contribution in [0.2, 0.25) is 0 Å². The Hall–Kier alpha value is -1.02. The van der Waals surface area contributed by atoms with Gasteiger partial charge in [0.05, 0.1) is 13.7 Å². The van der Waals surface area contributed by atoms with E-state index in [1.165, 1.54) is 22.3 Å². The quantitative estimate of drug-likeness (QED) is 0.889. The first kappa shape index (κ1) is 13.4. The van der Waals surface area contributed by atoms with Gasteiger partial charge in [-0.1, -0.05) is 13.8 Å². The van der Waals surface area contributed by atoms with E-state index in [-0.39, 0.29) is 17.4 Å². The Labute approximate surface area is 110 Å². The number of rotatable bonds is 3.